The predicted molar refractivity (Wildman–Crippen MR) is 87.7 cm³/mol. The highest BCUT2D eigenvalue weighted by Gasteiger charge is 2.56. The Hall–Kier alpha value is -2.15. The molecule has 6 nitrogen and oxygen atoms in total. The minimum atomic E-state index is -0.935. The third-order valence-electron chi connectivity index (χ3n) is 5.63. The van der Waals surface area contributed by atoms with Crippen LogP contribution < -0.4 is 4.90 Å². The van der Waals surface area contributed by atoms with E-state index in [1.807, 2.05) is 0 Å². The predicted octanol–water partition coefficient (Wildman–Crippen LogP) is 1.35. The van der Waals surface area contributed by atoms with Crippen molar-refractivity contribution in [1.29, 1.82) is 0 Å². The molecular formula is C18H21FN2O4. The van der Waals surface area contributed by atoms with Gasteiger partial charge in [0.25, 0.3) is 0 Å². The molecule has 0 aliphatic carbocycles. The highest BCUT2D eigenvalue weighted by atomic mass is 19.1. The van der Waals surface area contributed by atoms with E-state index >= 15 is 0 Å². The lowest BCUT2D eigenvalue weighted by molar-refractivity contribution is -0.151. The van der Waals surface area contributed by atoms with Crippen LogP contribution in [0.5, 0.6) is 0 Å². The van der Waals surface area contributed by atoms with E-state index in [1.165, 1.54) is 12.1 Å². The molecular weight excluding hydrogens is 327 g/mol. The summed E-state index contributed by atoms with van der Waals surface area (Å²) in [6.07, 6.45) is 0.912. The average molecular weight is 348 g/mol. The Kier molecular flexibility index (Phi) is 4.11. The molecule has 4 rings (SSSR count). The molecule has 0 saturated carbocycles. The maximum atomic E-state index is 13.0. The third kappa shape index (κ3) is 2.86. The second-order valence-corrected chi connectivity index (χ2v) is 6.97. The number of hydrogen-bond donors (Lipinski definition) is 1. The van der Waals surface area contributed by atoms with Crippen LogP contribution in [-0.2, 0) is 14.3 Å². The van der Waals surface area contributed by atoms with Gasteiger partial charge in [0.1, 0.15) is 5.82 Å². The molecule has 3 aliphatic heterocycles. The first kappa shape index (κ1) is 16.3. The first-order valence-corrected chi connectivity index (χ1v) is 8.72. The SMILES string of the molecule is O=C(O)[C@H]1[C@@H](C(=O)N2CCN(c3ccc(F)cc3)CC2)[C@H]2CC[C@H]1O2. The monoisotopic (exact) mass is 348 g/mol. The van der Waals surface area contributed by atoms with Crippen LogP contribution in [0.3, 0.4) is 0 Å². The molecule has 4 atom stereocenters. The lowest BCUT2D eigenvalue weighted by Gasteiger charge is -2.38. The molecule has 0 unspecified atom stereocenters. The van der Waals surface area contributed by atoms with Gasteiger partial charge in [-0.15, -0.1) is 0 Å². The maximum absolute atomic E-state index is 13.0. The number of benzene rings is 1. The number of fused-ring (bicyclic) bond motifs is 2. The van der Waals surface area contributed by atoms with E-state index in [0.29, 0.717) is 26.2 Å². The van der Waals surface area contributed by atoms with Crippen LogP contribution in [0.25, 0.3) is 0 Å². The van der Waals surface area contributed by atoms with Crippen LogP contribution in [0.4, 0.5) is 10.1 Å². The largest absolute Gasteiger partial charge is 0.481 e. The van der Waals surface area contributed by atoms with Crippen molar-refractivity contribution in [1.82, 2.24) is 4.90 Å². The molecule has 134 valence electrons. The van der Waals surface area contributed by atoms with Crippen molar-refractivity contribution in [2.75, 3.05) is 31.1 Å². The van der Waals surface area contributed by atoms with Crippen molar-refractivity contribution in [3.8, 4) is 0 Å². The van der Waals surface area contributed by atoms with Gasteiger partial charge in [-0.25, -0.2) is 4.39 Å². The minimum Gasteiger partial charge on any atom is -0.481 e. The van der Waals surface area contributed by atoms with E-state index in [9.17, 15) is 19.1 Å². The normalized spacial score (nSPS) is 31.4. The molecule has 1 aromatic rings. The van der Waals surface area contributed by atoms with Gasteiger partial charge >= 0.3 is 5.97 Å². The summed E-state index contributed by atoms with van der Waals surface area (Å²) in [6.45, 7) is 2.38. The summed E-state index contributed by atoms with van der Waals surface area (Å²) in [5.41, 5.74) is 0.931. The van der Waals surface area contributed by atoms with Crippen LogP contribution in [0, 0.1) is 17.7 Å². The van der Waals surface area contributed by atoms with Crippen LogP contribution in [-0.4, -0.2) is 60.3 Å². The quantitative estimate of drug-likeness (QED) is 0.893. The average Bonchev–Trinajstić information content (AvgIpc) is 3.23. The molecule has 3 fully saturated rings. The fraction of sp³-hybridized carbons (Fsp3) is 0.556. The summed E-state index contributed by atoms with van der Waals surface area (Å²) in [7, 11) is 0. The molecule has 3 saturated heterocycles. The zero-order valence-corrected chi connectivity index (χ0v) is 13.8. The van der Waals surface area contributed by atoms with Crippen molar-refractivity contribution >= 4 is 17.6 Å². The van der Waals surface area contributed by atoms with E-state index in [-0.39, 0.29) is 23.9 Å². The zero-order chi connectivity index (χ0) is 17.6. The smallest absolute Gasteiger partial charge is 0.310 e. The summed E-state index contributed by atoms with van der Waals surface area (Å²) in [4.78, 5) is 28.3. The second kappa shape index (κ2) is 6.29. The van der Waals surface area contributed by atoms with Crippen molar-refractivity contribution in [3.05, 3.63) is 30.1 Å². The van der Waals surface area contributed by atoms with Crippen LogP contribution >= 0.6 is 0 Å². The van der Waals surface area contributed by atoms with Gasteiger partial charge in [-0.1, -0.05) is 0 Å². The summed E-state index contributed by atoms with van der Waals surface area (Å²) in [6, 6.07) is 6.32. The van der Waals surface area contributed by atoms with E-state index in [4.69, 9.17) is 4.74 Å². The Morgan fingerprint density at radius 2 is 1.60 bits per heavy atom. The Morgan fingerprint density at radius 1 is 1.00 bits per heavy atom. The first-order chi connectivity index (χ1) is 12.0. The highest BCUT2D eigenvalue weighted by molar-refractivity contribution is 5.86. The maximum Gasteiger partial charge on any atom is 0.310 e. The number of rotatable bonds is 3. The molecule has 25 heavy (non-hydrogen) atoms. The number of hydrogen-bond acceptors (Lipinski definition) is 4. The van der Waals surface area contributed by atoms with Crippen LogP contribution in [0.2, 0.25) is 0 Å². The highest BCUT2D eigenvalue weighted by Crippen LogP contribution is 2.44. The third-order valence-corrected chi connectivity index (χ3v) is 5.63. The molecule has 7 heteroatoms. The van der Waals surface area contributed by atoms with Crippen molar-refractivity contribution in [2.45, 2.75) is 25.0 Å². The summed E-state index contributed by atoms with van der Waals surface area (Å²) in [5.74, 6) is -2.59. The molecule has 0 radical (unpaired) electrons. The van der Waals surface area contributed by atoms with Crippen molar-refractivity contribution < 1.29 is 23.8 Å². The fourth-order valence-electron chi connectivity index (χ4n) is 4.35. The van der Waals surface area contributed by atoms with Gasteiger partial charge < -0.3 is 19.6 Å². The Balaban J connectivity index is 1.41. The van der Waals surface area contributed by atoms with Gasteiger partial charge in [0.2, 0.25) is 5.91 Å². The number of ether oxygens (including phenoxy) is 1. The summed E-state index contributed by atoms with van der Waals surface area (Å²) < 4.78 is 18.7. The molecule has 2 bridgehead atoms. The van der Waals surface area contributed by atoms with Gasteiger partial charge in [0, 0.05) is 31.9 Å². The van der Waals surface area contributed by atoms with Gasteiger partial charge in [0.15, 0.2) is 0 Å². The van der Waals surface area contributed by atoms with Crippen LogP contribution in [0.1, 0.15) is 12.8 Å². The van der Waals surface area contributed by atoms with Gasteiger partial charge in [-0.05, 0) is 37.1 Å². The summed E-state index contributed by atoms with van der Waals surface area (Å²) >= 11 is 0. The van der Waals surface area contributed by atoms with Crippen molar-refractivity contribution in [3.63, 3.8) is 0 Å². The number of carboxylic acids is 1. The van der Waals surface area contributed by atoms with E-state index in [2.05, 4.69) is 4.90 Å². The second-order valence-electron chi connectivity index (χ2n) is 6.97. The fourth-order valence-corrected chi connectivity index (χ4v) is 4.35. The molecule has 0 spiro atoms. The number of piperazine rings is 1. The Morgan fingerprint density at radius 3 is 2.20 bits per heavy atom. The first-order valence-electron chi connectivity index (χ1n) is 8.72. The molecule has 1 aromatic carbocycles. The van der Waals surface area contributed by atoms with Gasteiger partial charge in [-0.3, -0.25) is 9.59 Å². The number of halogens is 1. The lowest BCUT2D eigenvalue weighted by Crippen LogP contribution is -2.53. The Labute approximate surface area is 145 Å². The number of carboxylic acid groups (broad SMARTS) is 1. The minimum absolute atomic E-state index is 0.0987. The number of nitrogens with zero attached hydrogens (tertiary/aromatic N) is 2. The molecule has 1 N–H and O–H groups in total. The van der Waals surface area contributed by atoms with Crippen LogP contribution in [0.15, 0.2) is 24.3 Å². The standard InChI is InChI=1S/C18H21FN2O4/c19-11-1-3-12(4-2-11)20-7-9-21(10-8-20)17(22)15-13-5-6-14(25-13)16(15)18(23)24/h1-4,13-16H,5-10H2,(H,23,24)/t13-,14-,15+,16-/m1/s1. The number of amides is 1. The zero-order valence-electron chi connectivity index (χ0n) is 13.8. The lowest BCUT2D eigenvalue weighted by atomic mass is 9.78. The molecule has 1 amide bonds. The molecule has 3 aliphatic rings. The molecule has 3 heterocycles. The molecule has 0 aromatic heterocycles. The number of aliphatic carboxylic acids is 1. The topological polar surface area (TPSA) is 70.1 Å². The number of carbonyl (C=O) groups is 2. The van der Waals surface area contributed by atoms with Gasteiger partial charge in [-0.2, -0.15) is 0 Å². The van der Waals surface area contributed by atoms with E-state index in [0.717, 1.165) is 18.5 Å². The summed E-state index contributed by atoms with van der Waals surface area (Å²) in [5, 5.41) is 9.48. The van der Waals surface area contributed by atoms with Gasteiger partial charge in [0.05, 0.1) is 24.0 Å². The Bertz CT molecular complexity index is 672. The van der Waals surface area contributed by atoms with E-state index in [1.54, 1.807) is 17.0 Å². The number of anilines is 1. The number of carbonyl (C=O) groups excluding carboxylic acids is 1. The van der Waals surface area contributed by atoms with Crippen molar-refractivity contribution in [2.24, 2.45) is 11.8 Å². The van der Waals surface area contributed by atoms with E-state index < -0.39 is 17.8 Å².